The van der Waals surface area contributed by atoms with Crippen molar-refractivity contribution in [2.75, 3.05) is 17.8 Å². The first-order valence-corrected chi connectivity index (χ1v) is 4.81. The minimum absolute atomic E-state index is 0.00483. The number of hydrogen-bond donors (Lipinski definition) is 0. The van der Waals surface area contributed by atoms with Crippen molar-refractivity contribution in [1.29, 1.82) is 0 Å². The molecule has 0 spiro atoms. The van der Waals surface area contributed by atoms with E-state index in [1.165, 1.54) is 16.2 Å². The van der Waals surface area contributed by atoms with Crippen molar-refractivity contribution in [3.63, 3.8) is 0 Å². The van der Waals surface area contributed by atoms with Crippen LogP contribution in [0.25, 0.3) is 0 Å². The third-order valence-corrected chi connectivity index (χ3v) is 2.65. The average Bonchev–Trinajstić information content (AvgIpc) is 2.49. The molecule has 0 aliphatic rings. The summed E-state index contributed by atoms with van der Waals surface area (Å²) < 4.78 is 0. The summed E-state index contributed by atoms with van der Waals surface area (Å²) in [6, 6.07) is 0. The molecule has 0 bridgehead atoms. The summed E-state index contributed by atoms with van der Waals surface area (Å²) in [5.41, 5.74) is 0.921. The van der Waals surface area contributed by atoms with Crippen LogP contribution in [0.15, 0.2) is 5.38 Å². The number of thiazole rings is 1. The topological polar surface area (TPSA) is 33.2 Å². The molecule has 1 aromatic heterocycles. The minimum atomic E-state index is -0.133. The van der Waals surface area contributed by atoms with Gasteiger partial charge in [-0.2, -0.15) is 0 Å². The lowest BCUT2D eigenvalue weighted by Crippen LogP contribution is -2.26. The fourth-order valence-corrected chi connectivity index (χ4v) is 1.66. The van der Waals surface area contributed by atoms with Gasteiger partial charge in [0, 0.05) is 12.4 Å². The van der Waals surface area contributed by atoms with E-state index in [0.717, 1.165) is 5.69 Å². The van der Waals surface area contributed by atoms with E-state index < -0.39 is 0 Å². The van der Waals surface area contributed by atoms with E-state index >= 15 is 0 Å². The second-order valence-electron chi connectivity index (χ2n) is 2.36. The Labute approximate surface area is 80.0 Å². The smallest absolute Gasteiger partial charge is 0.243 e. The number of aromatic nitrogens is 1. The standard InChI is InChI=1S/C7H9ClN2OS/c1-5-4-12-7(9-5)10(2)6(11)3-8/h4H,3H2,1-2H3. The summed E-state index contributed by atoms with van der Waals surface area (Å²) >= 11 is 6.83. The van der Waals surface area contributed by atoms with Crippen molar-refractivity contribution in [3.8, 4) is 0 Å². The number of carbonyl (C=O) groups is 1. The summed E-state index contributed by atoms with van der Waals surface area (Å²) in [7, 11) is 1.67. The van der Waals surface area contributed by atoms with E-state index in [-0.39, 0.29) is 11.8 Å². The van der Waals surface area contributed by atoms with E-state index in [1.54, 1.807) is 7.05 Å². The Balaban J connectivity index is 2.77. The number of rotatable bonds is 2. The normalized spacial score (nSPS) is 9.92. The Morgan fingerprint density at radius 3 is 2.92 bits per heavy atom. The molecule has 12 heavy (non-hydrogen) atoms. The highest BCUT2D eigenvalue weighted by Crippen LogP contribution is 2.18. The molecule has 0 radical (unpaired) electrons. The van der Waals surface area contributed by atoms with Gasteiger partial charge in [0.1, 0.15) is 5.88 Å². The number of halogens is 1. The highest BCUT2D eigenvalue weighted by molar-refractivity contribution is 7.14. The molecule has 1 amide bonds. The second kappa shape index (κ2) is 3.87. The van der Waals surface area contributed by atoms with Crippen molar-refractivity contribution in [2.45, 2.75) is 6.92 Å². The number of amides is 1. The lowest BCUT2D eigenvalue weighted by molar-refractivity contribution is -0.116. The zero-order valence-electron chi connectivity index (χ0n) is 6.87. The van der Waals surface area contributed by atoms with Crippen LogP contribution in [0.4, 0.5) is 5.13 Å². The van der Waals surface area contributed by atoms with Gasteiger partial charge in [0.2, 0.25) is 5.91 Å². The first-order chi connectivity index (χ1) is 5.65. The number of alkyl halides is 1. The van der Waals surface area contributed by atoms with E-state index in [9.17, 15) is 4.79 Å². The van der Waals surface area contributed by atoms with Crippen LogP contribution in [-0.2, 0) is 4.79 Å². The molecule has 0 aliphatic heterocycles. The maximum absolute atomic E-state index is 11.1. The largest absolute Gasteiger partial charge is 0.290 e. The third-order valence-electron chi connectivity index (χ3n) is 1.38. The van der Waals surface area contributed by atoms with E-state index in [0.29, 0.717) is 5.13 Å². The van der Waals surface area contributed by atoms with Crippen LogP contribution < -0.4 is 4.90 Å². The quantitative estimate of drug-likeness (QED) is 0.687. The Hall–Kier alpha value is -0.610. The first kappa shape index (κ1) is 9.48. The molecule has 1 aromatic rings. The zero-order chi connectivity index (χ0) is 9.14. The third kappa shape index (κ3) is 1.95. The predicted octanol–water partition coefficient (Wildman–Crippen LogP) is 1.65. The van der Waals surface area contributed by atoms with Gasteiger partial charge in [-0.25, -0.2) is 4.98 Å². The van der Waals surface area contributed by atoms with Gasteiger partial charge in [0.25, 0.3) is 0 Å². The zero-order valence-corrected chi connectivity index (χ0v) is 8.45. The predicted molar refractivity (Wildman–Crippen MR) is 51.0 cm³/mol. The van der Waals surface area contributed by atoms with Crippen LogP contribution in [-0.4, -0.2) is 23.8 Å². The molecule has 0 N–H and O–H groups in total. The number of carbonyl (C=O) groups excluding carboxylic acids is 1. The Bertz CT molecular complexity index is 287. The summed E-state index contributed by atoms with van der Waals surface area (Å²) in [5.74, 6) is -0.138. The lowest BCUT2D eigenvalue weighted by atomic mass is 10.6. The maximum Gasteiger partial charge on any atom is 0.243 e. The van der Waals surface area contributed by atoms with Crippen LogP contribution in [0.1, 0.15) is 5.69 Å². The second-order valence-corrected chi connectivity index (χ2v) is 3.46. The van der Waals surface area contributed by atoms with Gasteiger partial charge in [-0.3, -0.25) is 9.69 Å². The monoisotopic (exact) mass is 204 g/mol. The van der Waals surface area contributed by atoms with Gasteiger partial charge in [0.05, 0.1) is 5.69 Å². The molecule has 0 saturated heterocycles. The Morgan fingerprint density at radius 2 is 2.50 bits per heavy atom. The fraction of sp³-hybridized carbons (Fsp3) is 0.429. The number of anilines is 1. The Morgan fingerprint density at radius 1 is 1.83 bits per heavy atom. The van der Waals surface area contributed by atoms with Crippen LogP contribution in [0, 0.1) is 6.92 Å². The molecule has 0 unspecified atom stereocenters. The minimum Gasteiger partial charge on any atom is -0.290 e. The molecule has 0 atom stereocenters. The molecule has 5 heteroatoms. The van der Waals surface area contributed by atoms with E-state index in [4.69, 9.17) is 11.6 Å². The summed E-state index contributed by atoms with van der Waals surface area (Å²) in [5, 5.41) is 2.59. The van der Waals surface area contributed by atoms with Crippen molar-refractivity contribution >= 4 is 34.0 Å². The van der Waals surface area contributed by atoms with Gasteiger partial charge >= 0.3 is 0 Å². The molecular formula is C7H9ClN2OS. The van der Waals surface area contributed by atoms with E-state index in [1.807, 2.05) is 12.3 Å². The van der Waals surface area contributed by atoms with Gasteiger partial charge in [-0.1, -0.05) is 0 Å². The molecular weight excluding hydrogens is 196 g/mol. The number of hydrogen-bond acceptors (Lipinski definition) is 3. The van der Waals surface area contributed by atoms with Crippen LogP contribution >= 0.6 is 22.9 Å². The highest BCUT2D eigenvalue weighted by Gasteiger charge is 2.11. The molecule has 1 heterocycles. The van der Waals surface area contributed by atoms with Gasteiger partial charge in [-0.05, 0) is 6.92 Å². The molecule has 3 nitrogen and oxygen atoms in total. The highest BCUT2D eigenvalue weighted by atomic mass is 35.5. The summed E-state index contributed by atoms with van der Waals surface area (Å²) in [6.07, 6.45) is 0. The lowest BCUT2D eigenvalue weighted by Gasteiger charge is -2.10. The van der Waals surface area contributed by atoms with Crippen molar-refractivity contribution in [1.82, 2.24) is 4.98 Å². The van der Waals surface area contributed by atoms with Gasteiger partial charge in [0.15, 0.2) is 5.13 Å². The fourth-order valence-electron chi connectivity index (χ4n) is 0.692. The SMILES string of the molecule is Cc1csc(N(C)C(=O)CCl)n1. The molecule has 0 aromatic carbocycles. The molecule has 1 rings (SSSR count). The molecule has 0 saturated carbocycles. The van der Waals surface area contributed by atoms with E-state index in [2.05, 4.69) is 4.98 Å². The van der Waals surface area contributed by atoms with Crippen LogP contribution in [0.2, 0.25) is 0 Å². The summed E-state index contributed by atoms with van der Waals surface area (Å²) in [6.45, 7) is 1.89. The maximum atomic E-state index is 11.1. The van der Waals surface area contributed by atoms with Crippen molar-refractivity contribution in [3.05, 3.63) is 11.1 Å². The molecule has 0 fully saturated rings. The number of nitrogens with zero attached hydrogens (tertiary/aromatic N) is 2. The van der Waals surface area contributed by atoms with Crippen LogP contribution in [0.3, 0.4) is 0 Å². The van der Waals surface area contributed by atoms with Crippen molar-refractivity contribution in [2.24, 2.45) is 0 Å². The van der Waals surface area contributed by atoms with Gasteiger partial charge < -0.3 is 0 Å². The first-order valence-electron chi connectivity index (χ1n) is 3.40. The number of aryl methyl sites for hydroxylation is 1. The van der Waals surface area contributed by atoms with Gasteiger partial charge in [-0.15, -0.1) is 22.9 Å². The van der Waals surface area contributed by atoms with Crippen molar-refractivity contribution < 1.29 is 4.79 Å². The average molecular weight is 205 g/mol. The Kier molecular flexibility index (Phi) is 3.05. The molecule has 66 valence electrons. The molecule has 0 aliphatic carbocycles. The van der Waals surface area contributed by atoms with Crippen LogP contribution in [0.5, 0.6) is 0 Å². The summed E-state index contributed by atoms with van der Waals surface area (Å²) in [4.78, 5) is 16.7.